The topological polar surface area (TPSA) is 69.5 Å². The van der Waals surface area contributed by atoms with Gasteiger partial charge in [0.05, 0.1) is 17.2 Å². The van der Waals surface area contributed by atoms with E-state index in [-0.39, 0.29) is 24.6 Å². The molecule has 2 aliphatic heterocycles. The van der Waals surface area contributed by atoms with Crippen molar-refractivity contribution in [3.63, 3.8) is 0 Å². The summed E-state index contributed by atoms with van der Waals surface area (Å²) in [5.41, 5.74) is 0.395. The third-order valence-corrected chi connectivity index (χ3v) is 7.46. The van der Waals surface area contributed by atoms with Crippen LogP contribution >= 0.6 is 0 Å². The second-order valence-corrected chi connectivity index (χ2v) is 9.42. The highest BCUT2D eigenvalue weighted by Crippen LogP contribution is 2.45. The number of carbonyl (C=O) groups excluding carboxylic acids is 1. The van der Waals surface area contributed by atoms with Crippen molar-refractivity contribution >= 4 is 11.7 Å². The van der Waals surface area contributed by atoms with Crippen LogP contribution in [0.5, 0.6) is 0 Å². The molecule has 1 aromatic carbocycles. The van der Waals surface area contributed by atoms with Crippen molar-refractivity contribution in [3.8, 4) is 6.07 Å². The van der Waals surface area contributed by atoms with Gasteiger partial charge in [0.1, 0.15) is 18.5 Å². The summed E-state index contributed by atoms with van der Waals surface area (Å²) in [5.74, 6) is -0.620. The number of ether oxygens (including phenoxy) is 1. The predicted octanol–water partition coefficient (Wildman–Crippen LogP) is 3.75. The predicted molar refractivity (Wildman–Crippen MR) is 117 cm³/mol. The number of aromatic nitrogens is 1. The van der Waals surface area contributed by atoms with Crippen LogP contribution in [0.1, 0.15) is 43.7 Å². The Morgan fingerprint density at radius 2 is 2.06 bits per heavy atom. The average Bonchev–Trinajstić information content (AvgIpc) is 2.99. The number of pyridine rings is 1. The molecule has 1 aliphatic carbocycles. The van der Waals surface area contributed by atoms with Crippen LogP contribution in [0.3, 0.4) is 0 Å². The Morgan fingerprint density at radius 3 is 2.67 bits per heavy atom. The fraction of sp³-hybridized carbons (Fsp3) is 0.480. The minimum Gasteiger partial charge on any atom is -0.360 e. The summed E-state index contributed by atoms with van der Waals surface area (Å²) in [7, 11) is 0. The fourth-order valence-electron chi connectivity index (χ4n) is 5.48. The zero-order valence-corrected chi connectivity index (χ0v) is 18.5. The van der Waals surface area contributed by atoms with Crippen molar-refractivity contribution in [1.82, 2.24) is 9.88 Å². The van der Waals surface area contributed by atoms with Gasteiger partial charge in [-0.25, -0.2) is 13.8 Å². The largest absolute Gasteiger partial charge is 0.360 e. The summed E-state index contributed by atoms with van der Waals surface area (Å²) in [5, 5.41) is 9.03. The molecular formula is C25H26F2N4O2. The van der Waals surface area contributed by atoms with Crippen molar-refractivity contribution in [3.05, 3.63) is 59.3 Å². The number of anilines is 1. The first kappa shape index (κ1) is 21.8. The molecule has 1 saturated carbocycles. The van der Waals surface area contributed by atoms with Gasteiger partial charge in [-0.2, -0.15) is 5.26 Å². The maximum Gasteiger partial charge on any atom is 0.248 e. The Balaban J connectivity index is 1.26. The quantitative estimate of drug-likeness (QED) is 0.691. The van der Waals surface area contributed by atoms with Gasteiger partial charge in [0.15, 0.2) is 11.6 Å². The van der Waals surface area contributed by atoms with Gasteiger partial charge in [-0.05, 0) is 61.4 Å². The number of rotatable bonds is 5. The van der Waals surface area contributed by atoms with E-state index in [9.17, 15) is 13.6 Å². The first-order valence-electron chi connectivity index (χ1n) is 11.4. The van der Waals surface area contributed by atoms with Gasteiger partial charge in [0, 0.05) is 25.3 Å². The first-order valence-corrected chi connectivity index (χ1v) is 11.4. The summed E-state index contributed by atoms with van der Waals surface area (Å²) in [6, 6.07) is 9.90. The molecule has 172 valence electrons. The maximum absolute atomic E-state index is 13.8. The number of hydrogen-bond acceptors (Lipinski definition) is 5. The molecule has 0 radical (unpaired) electrons. The molecule has 2 bridgehead atoms. The van der Waals surface area contributed by atoms with Crippen molar-refractivity contribution in [2.75, 3.05) is 24.6 Å². The molecule has 2 aromatic rings. The van der Waals surface area contributed by atoms with E-state index in [0.717, 1.165) is 24.7 Å². The number of likely N-dealkylation sites (tertiary alicyclic amines) is 1. The lowest BCUT2D eigenvalue weighted by atomic mass is 9.75. The number of carbonyl (C=O) groups is 1. The van der Waals surface area contributed by atoms with E-state index in [1.54, 1.807) is 18.3 Å². The van der Waals surface area contributed by atoms with Crippen LogP contribution in [-0.2, 0) is 15.1 Å². The molecule has 2 unspecified atom stereocenters. The number of piperazine rings is 1. The van der Waals surface area contributed by atoms with E-state index in [2.05, 4.69) is 22.9 Å². The Bertz CT molecular complexity index is 1100. The average molecular weight is 453 g/mol. The Kier molecular flexibility index (Phi) is 5.53. The van der Waals surface area contributed by atoms with Crippen molar-refractivity contribution in [2.45, 2.75) is 50.3 Å². The van der Waals surface area contributed by atoms with Crippen LogP contribution in [0.15, 0.2) is 36.5 Å². The van der Waals surface area contributed by atoms with Gasteiger partial charge in [-0.1, -0.05) is 13.0 Å². The summed E-state index contributed by atoms with van der Waals surface area (Å²) < 4.78 is 33.2. The van der Waals surface area contributed by atoms with Crippen molar-refractivity contribution < 1.29 is 18.3 Å². The second kappa shape index (κ2) is 8.38. The lowest BCUT2D eigenvalue weighted by Gasteiger charge is -2.44. The van der Waals surface area contributed by atoms with Gasteiger partial charge in [0.2, 0.25) is 5.91 Å². The molecule has 2 saturated heterocycles. The number of amides is 1. The number of halogens is 2. The highest BCUT2D eigenvalue weighted by atomic mass is 19.2. The monoisotopic (exact) mass is 452 g/mol. The maximum atomic E-state index is 13.8. The Hall–Kier alpha value is -3.05. The minimum absolute atomic E-state index is 0.0814. The van der Waals surface area contributed by atoms with Gasteiger partial charge >= 0.3 is 0 Å². The molecule has 8 heteroatoms. The fourth-order valence-corrected chi connectivity index (χ4v) is 5.48. The van der Waals surface area contributed by atoms with E-state index in [1.807, 2.05) is 11.0 Å². The van der Waals surface area contributed by atoms with E-state index in [4.69, 9.17) is 10.00 Å². The third kappa shape index (κ3) is 3.84. The summed E-state index contributed by atoms with van der Waals surface area (Å²) >= 11 is 0. The SMILES string of the molecule is C[C@H]1CC2CN(C(=O)COC3(c4ccc(F)c(F)c4)CCC3)CC1N2c1ccc(C#N)cn1. The summed E-state index contributed by atoms with van der Waals surface area (Å²) in [4.78, 5) is 21.7. The lowest BCUT2D eigenvalue weighted by molar-refractivity contribution is -0.154. The molecule has 3 atom stereocenters. The normalized spacial score (nSPS) is 25.5. The zero-order valence-electron chi connectivity index (χ0n) is 18.5. The number of nitriles is 1. The smallest absolute Gasteiger partial charge is 0.248 e. The first-order chi connectivity index (χ1) is 15.9. The van der Waals surface area contributed by atoms with E-state index in [0.29, 0.717) is 43.0 Å². The number of benzene rings is 1. The van der Waals surface area contributed by atoms with Gasteiger partial charge in [0.25, 0.3) is 0 Å². The summed E-state index contributed by atoms with van der Waals surface area (Å²) in [6.07, 6.45) is 4.85. The number of hydrogen-bond donors (Lipinski definition) is 0. The van der Waals surface area contributed by atoms with Crippen LogP contribution in [0.4, 0.5) is 14.6 Å². The van der Waals surface area contributed by atoms with Crippen LogP contribution in [0, 0.1) is 28.9 Å². The van der Waals surface area contributed by atoms with Crippen LogP contribution < -0.4 is 4.90 Å². The standard InChI is InChI=1S/C25H26F2N4O2/c1-16-9-19-13-30(14-22(16)31(19)23-6-3-17(11-28)12-29-23)24(32)15-33-25(7-2-8-25)18-4-5-20(26)21(27)10-18/h3-6,10,12,16,19,22H,2,7-9,13-15H2,1H3/t16-,19?,22?/m0/s1. The van der Waals surface area contributed by atoms with Crippen LogP contribution in [0.25, 0.3) is 0 Å². The molecule has 0 N–H and O–H groups in total. The Morgan fingerprint density at radius 1 is 1.24 bits per heavy atom. The molecular weight excluding hydrogens is 426 g/mol. The molecule has 6 nitrogen and oxygen atoms in total. The van der Waals surface area contributed by atoms with E-state index >= 15 is 0 Å². The molecule has 3 heterocycles. The highest BCUT2D eigenvalue weighted by molar-refractivity contribution is 5.78. The summed E-state index contributed by atoms with van der Waals surface area (Å²) in [6.45, 7) is 3.28. The van der Waals surface area contributed by atoms with Gasteiger partial charge < -0.3 is 14.5 Å². The van der Waals surface area contributed by atoms with Crippen LogP contribution in [0.2, 0.25) is 0 Å². The lowest BCUT2D eigenvalue weighted by Crippen LogP contribution is -2.57. The molecule has 3 fully saturated rings. The van der Waals surface area contributed by atoms with Crippen LogP contribution in [-0.4, -0.2) is 47.6 Å². The second-order valence-electron chi connectivity index (χ2n) is 9.42. The molecule has 5 rings (SSSR count). The molecule has 33 heavy (non-hydrogen) atoms. The number of nitrogens with zero attached hydrogens (tertiary/aromatic N) is 4. The Labute approximate surface area is 191 Å². The highest BCUT2D eigenvalue weighted by Gasteiger charge is 2.47. The van der Waals surface area contributed by atoms with Crippen molar-refractivity contribution in [1.29, 1.82) is 5.26 Å². The van der Waals surface area contributed by atoms with Gasteiger partial charge in [-0.3, -0.25) is 4.79 Å². The molecule has 1 amide bonds. The molecule has 3 aliphatic rings. The molecule has 1 aromatic heterocycles. The molecule has 0 spiro atoms. The van der Waals surface area contributed by atoms with Gasteiger partial charge in [-0.15, -0.1) is 0 Å². The van der Waals surface area contributed by atoms with Crippen molar-refractivity contribution in [2.24, 2.45) is 5.92 Å². The minimum atomic E-state index is -0.896. The number of fused-ring (bicyclic) bond motifs is 2. The zero-order chi connectivity index (χ0) is 23.2. The van der Waals surface area contributed by atoms with E-state index in [1.165, 1.54) is 6.07 Å². The van der Waals surface area contributed by atoms with E-state index < -0.39 is 17.2 Å². The third-order valence-electron chi connectivity index (χ3n) is 7.46.